The molecule has 0 spiro atoms. The fourth-order valence-corrected chi connectivity index (χ4v) is 2.57. The average molecular weight is 263 g/mol. The summed E-state index contributed by atoms with van der Waals surface area (Å²) in [4.78, 5) is 10.7. The zero-order chi connectivity index (χ0) is 13.7. The van der Waals surface area contributed by atoms with E-state index < -0.39 is 0 Å². The van der Waals surface area contributed by atoms with Crippen LogP contribution in [0.2, 0.25) is 0 Å². The molecular weight excluding hydrogens is 238 g/mol. The van der Waals surface area contributed by atoms with Gasteiger partial charge in [-0.2, -0.15) is 0 Å². The van der Waals surface area contributed by atoms with Gasteiger partial charge in [0.15, 0.2) is 11.6 Å². The third-order valence-corrected chi connectivity index (χ3v) is 3.77. The quantitative estimate of drug-likeness (QED) is 0.826. The summed E-state index contributed by atoms with van der Waals surface area (Å²) in [5, 5.41) is 3.46. The molecule has 5 nitrogen and oxygen atoms in total. The summed E-state index contributed by atoms with van der Waals surface area (Å²) >= 11 is 0. The normalized spacial score (nSPS) is 15.7. The molecule has 3 N–H and O–H groups in total. The molecule has 1 heterocycles. The molecule has 1 aromatic rings. The molecule has 0 amide bonds. The zero-order valence-electron chi connectivity index (χ0n) is 12.0. The highest BCUT2D eigenvalue weighted by molar-refractivity contribution is 5.74. The number of anilines is 3. The van der Waals surface area contributed by atoms with Crippen LogP contribution in [0.5, 0.6) is 0 Å². The first-order valence-electron chi connectivity index (χ1n) is 7.30. The van der Waals surface area contributed by atoms with Gasteiger partial charge in [0.2, 0.25) is 0 Å². The van der Waals surface area contributed by atoms with Gasteiger partial charge < -0.3 is 16.0 Å². The van der Waals surface area contributed by atoms with Crippen LogP contribution in [0, 0.1) is 0 Å². The number of hydrogen-bond acceptors (Lipinski definition) is 5. The van der Waals surface area contributed by atoms with Crippen molar-refractivity contribution in [3.8, 4) is 0 Å². The second kappa shape index (κ2) is 6.59. The van der Waals surface area contributed by atoms with Crippen LogP contribution in [0.1, 0.15) is 45.4 Å². The third kappa shape index (κ3) is 3.49. The standard InChI is InChI=1S/C14H25N5/c1-3-4-9-19(2)14-12(15)13(16-10-17-14)18-11-7-5-6-8-11/h10-11H,3-9,15H2,1-2H3,(H,16,17,18). The van der Waals surface area contributed by atoms with Crippen molar-refractivity contribution in [3.63, 3.8) is 0 Å². The van der Waals surface area contributed by atoms with E-state index in [0.29, 0.717) is 11.7 Å². The smallest absolute Gasteiger partial charge is 0.157 e. The summed E-state index contributed by atoms with van der Waals surface area (Å²) in [6.07, 6.45) is 8.94. The Bertz CT molecular complexity index is 401. The molecule has 2 rings (SSSR count). The lowest BCUT2D eigenvalue weighted by Gasteiger charge is -2.21. The van der Waals surface area contributed by atoms with Crippen LogP contribution >= 0.6 is 0 Å². The summed E-state index contributed by atoms with van der Waals surface area (Å²) in [5.41, 5.74) is 6.88. The van der Waals surface area contributed by atoms with Crippen molar-refractivity contribution < 1.29 is 0 Å². The zero-order valence-corrected chi connectivity index (χ0v) is 12.0. The van der Waals surface area contributed by atoms with E-state index in [1.54, 1.807) is 6.33 Å². The molecule has 5 heteroatoms. The van der Waals surface area contributed by atoms with E-state index in [9.17, 15) is 0 Å². The van der Waals surface area contributed by atoms with Crippen LogP contribution < -0.4 is 16.0 Å². The van der Waals surface area contributed by atoms with Gasteiger partial charge in [-0.1, -0.05) is 26.2 Å². The number of rotatable bonds is 6. The number of hydrogen-bond donors (Lipinski definition) is 2. The Morgan fingerprint density at radius 3 is 2.79 bits per heavy atom. The SMILES string of the molecule is CCCCN(C)c1ncnc(NC2CCCC2)c1N. The minimum atomic E-state index is 0.519. The fourth-order valence-electron chi connectivity index (χ4n) is 2.57. The van der Waals surface area contributed by atoms with Crippen LogP contribution in [-0.4, -0.2) is 29.6 Å². The van der Waals surface area contributed by atoms with Gasteiger partial charge in [0.05, 0.1) is 0 Å². The lowest BCUT2D eigenvalue weighted by molar-refractivity contribution is 0.746. The summed E-state index contributed by atoms with van der Waals surface area (Å²) in [6.45, 7) is 3.16. The van der Waals surface area contributed by atoms with Crippen LogP contribution in [0.15, 0.2) is 6.33 Å². The number of nitrogens with one attached hydrogen (secondary N) is 1. The van der Waals surface area contributed by atoms with Gasteiger partial charge in [-0.15, -0.1) is 0 Å². The van der Waals surface area contributed by atoms with E-state index in [4.69, 9.17) is 5.73 Å². The molecule has 0 aliphatic heterocycles. The van der Waals surface area contributed by atoms with Crippen LogP contribution in [0.3, 0.4) is 0 Å². The Balaban J connectivity index is 2.07. The molecule has 1 aliphatic carbocycles. The molecular formula is C14H25N5. The predicted octanol–water partition coefficient (Wildman–Crippen LogP) is 2.65. The summed E-state index contributed by atoms with van der Waals surface area (Å²) < 4.78 is 0. The first kappa shape index (κ1) is 13.9. The first-order valence-corrected chi connectivity index (χ1v) is 7.30. The minimum absolute atomic E-state index is 0.519. The second-order valence-corrected chi connectivity index (χ2v) is 5.36. The lowest BCUT2D eigenvalue weighted by atomic mass is 10.2. The van der Waals surface area contributed by atoms with E-state index in [0.717, 1.165) is 24.6 Å². The van der Waals surface area contributed by atoms with Crippen LogP contribution in [0.25, 0.3) is 0 Å². The maximum Gasteiger partial charge on any atom is 0.157 e. The molecule has 0 radical (unpaired) electrons. The van der Waals surface area contributed by atoms with Gasteiger partial charge in [-0.05, 0) is 19.3 Å². The van der Waals surface area contributed by atoms with Crippen molar-refractivity contribution in [1.82, 2.24) is 9.97 Å². The number of unbranched alkanes of at least 4 members (excludes halogenated alkanes) is 1. The fraction of sp³-hybridized carbons (Fsp3) is 0.714. The number of aromatic nitrogens is 2. The number of nitrogens with two attached hydrogens (primary N) is 1. The molecule has 19 heavy (non-hydrogen) atoms. The van der Waals surface area contributed by atoms with E-state index in [2.05, 4.69) is 27.1 Å². The maximum atomic E-state index is 6.20. The number of nitrogen functional groups attached to an aromatic ring is 1. The Morgan fingerprint density at radius 1 is 1.37 bits per heavy atom. The third-order valence-electron chi connectivity index (χ3n) is 3.77. The Labute approximate surface area is 115 Å². The first-order chi connectivity index (χ1) is 9.22. The van der Waals surface area contributed by atoms with Crippen molar-refractivity contribution in [2.45, 2.75) is 51.5 Å². The van der Waals surface area contributed by atoms with Crippen LogP contribution in [-0.2, 0) is 0 Å². The van der Waals surface area contributed by atoms with Gasteiger partial charge in [0, 0.05) is 19.6 Å². The van der Waals surface area contributed by atoms with Gasteiger partial charge in [-0.25, -0.2) is 9.97 Å². The van der Waals surface area contributed by atoms with Crippen molar-refractivity contribution in [3.05, 3.63) is 6.33 Å². The van der Waals surface area contributed by atoms with Gasteiger partial charge in [0.1, 0.15) is 12.0 Å². The van der Waals surface area contributed by atoms with Crippen molar-refractivity contribution in [2.24, 2.45) is 0 Å². The second-order valence-electron chi connectivity index (χ2n) is 5.36. The van der Waals surface area contributed by atoms with Gasteiger partial charge >= 0.3 is 0 Å². The monoisotopic (exact) mass is 263 g/mol. The summed E-state index contributed by atoms with van der Waals surface area (Å²) in [5.74, 6) is 1.63. The van der Waals surface area contributed by atoms with Crippen molar-refractivity contribution in [2.75, 3.05) is 29.5 Å². The molecule has 0 atom stereocenters. The van der Waals surface area contributed by atoms with Crippen molar-refractivity contribution in [1.29, 1.82) is 0 Å². The molecule has 0 saturated heterocycles. The minimum Gasteiger partial charge on any atom is -0.393 e. The Hall–Kier alpha value is -1.52. The molecule has 1 saturated carbocycles. The Kier molecular flexibility index (Phi) is 4.82. The molecule has 0 aromatic carbocycles. The van der Waals surface area contributed by atoms with E-state index in [1.807, 2.05) is 7.05 Å². The number of nitrogens with zero attached hydrogens (tertiary/aromatic N) is 3. The van der Waals surface area contributed by atoms with Gasteiger partial charge in [0.25, 0.3) is 0 Å². The molecule has 0 unspecified atom stereocenters. The highest BCUT2D eigenvalue weighted by Gasteiger charge is 2.18. The van der Waals surface area contributed by atoms with Crippen molar-refractivity contribution >= 4 is 17.3 Å². The maximum absolute atomic E-state index is 6.20. The molecule has 106 valence electrons. The van der Waals surface area contributed by atoms with Crippen LogP contribution in [0.4, 0.5) is 17.3 Å². The molecule has 0 bridgehead atoms. The topological polar surface area (TPSA) is 67.1 Å². The molecule has 1 fully saturated rings. The summed E-state index contributed by atoms with van der Waals surface area (Å²) in [7, 11) is 2.04. The highest BCUT2D eigenvalue weighted by atomic mass is 15.2. The highest BCUT2D eigenvalue weighted by Crippen LogP contribution is 2.28. The predicted molar refractivity (Wildman–Crippen MR) is 80.5 cm³/mol. The molecule has 1 aliphatic rings. The average Bonchev–Trinajstić information content (AvgIpc) is 2.91. The summed E-state index contributed by atoms with van der Waals surface area (Å²) in [6, 6.07) is 0.519. The molecule has 1 aromatic heterocycles. The van der Waals surface area contributed by atoms with Gasteiger partial charge in [-0.3, -0.25) is 0 Å². The lowest BCUT2D eigenvalue weighted by Crippen LogP contribution is -2.23. The van der Waals surface area contributed by atoms with E-state index >= 15 is 0 Å². The van der Waals surface area contributed by atoms with E-state index in [1.165, 1.54) is 32.1 Å². The Morgan fingerprint density at radius 2 is 2.11 bits per heavy atom. The largest absolute Gasteiger partial charge is 0.393 e. The van der Waals surface area contributed by atoms with E-state index in [-0.39, 0.29) is 0 Å².